The highest BCUT2D eigenvalue weighted by Crippen LogP contribution is 2.17. The normalized spacial score (nSPS) is 10.5. The van der Waals surface area contributed by atoms with Gasteiger partial charge in [-0.15, -0.1) is 0 Å². The molecule has 3 rings (SSSR count). The van der Waals surface area contributed by atoms with E-state index in [1.54, 1.807) is 0 Å². The first kappa shape index (κ1) is 13.1. The van der Waals surface area contributed by atoms with Gasteiger partial charge in [-0.1, -0.05) is 17.3 Å². The molecule has 0 saturated heterocycles. The Morgan fingerprint density at radius 2 is 1.90 bits per heavy atom. The van der Waals surface area contributed by atoms with Crippen LogP contribution in [0.2, 0.25) is 0 Å². The molecule has 5 nitrogen and oxygen atoms in total. The molecule has 0 saturated carbocycles. The van der Waals surface area contributed by atoms with Gasteiger partial charge in [0.15, 0.2) is 5.58 Å². The van der Waals surface area contributed by atoms with Gasteiger partial charge in [-0.25, -0.2) is 9.18 Å². The number of rotatable bonds is 3. The average molecular weight is 285 g/mol. The summed E-state index contributed by atoms with van der Waals surface area (Å²) in [6, 6.07) is 12.6. The number of carbonyl (C=O) groups is 1. The highest BCUT2D eigenvalue weighted by Gasteiger charge is 2.08. The Bertz CT molecular complexity index is 768. The lowest BCUT2D eigenvalue weighted by molar-refractivity contribution is 0.251. The van der Waals surface area contributed by atoms with E-state index in [0.29, 0.717) is 17.0 Å². The van der Waals surface area contributed by atoms with Crippen LogP contribution in [-0.4, -0.2) is 11.2 Å². The van der Waals surface area contributed by atoms with Crippen molar-refractivity contribution >= 4 is 22.7 Å². The first-order chi connectivity index (χ1) is 10.2. The smallest absolute Gasteiger partial charge is 0.319 e. The van der Waals surface area contributed by atoms with Crippen molar-refractivity contribution in [1.29, 1.82) is 0 Å². The fourth-order valence-electron chi connectivity index (χ4n) is 1.94. The molecule has 0 aliphatic heterocycles. The number of carbonyl (C=O) groups excluding carboxylic acids is 1. The van der Waals surface area contributed by atoms with E-state index in [4.69, 9.17) is 4.52 Å². The van der Waals surface area contributed by atoms with Gasteiger partial charge in [0.25, 0.3) is 0 Å². The topological polar surface area (TPSA) is 67.2 Å². The second kappa shape index (κ2) is 5.62. The van der Waals surface area contributed by atoms with Crippen LogP contribution in [0, 0.1) is 5.82 Å². The molecule has 0 aliphatic rings. The minimum atomic E-state index is -0.395. The number of para-hydroxylation sites is 1. The zero-order valence-electron chi connectivity index (χ0n) is 11.0. The van der Waals surface area contributed by atoms with Gasteiger partial charge in [0.2, 0.25) is 0 Å². The number of anilines is 1. The number of fused-ring (bicyclic) bond motifs is 1. The second-order valence-electron chi connectivity index (χ2n) is 4.44. The summed E-state index contributed by atoms with van der Waals surface area (Å²) >= 11 is 0. The molecule has 6 heteroatoms. The standard InChI is InChI=1S/C15H12FN3O2/c16-10-5-7-11(8-6-10)18-15(20)17-9-13-12-3-1-2-4-14(12)21-19-13/h1-8H,9H2,(H2,17,18,20). The largest absolute Gasteiger partial charge is 0.356 e. The predicted molar refractivity (Wildman–Crippen MR) is 76.3 cm³/mol. The van der Waals surface area contributed by atoms with Gasteiger partial charge in [0.05, 0.1) is 6.54 Å². The van der Waals surface area contributed by atoms with Crippen molar-refractivity contribution in [3.8, 4) is 0 Å². The van der Waals surface area contributed by atoms with Crippen LogP contribution in [-0.2, 0) is 6.54 Å². The summed E-state index contributed by atoms with van der Waals surface area (Å²) in [5, 5.41) is 10.1. The molecule has 0 unspecified atom stereocenters. The summed E-state index contributed by atoms with van der Waals surface area (Å²) < 4.78 is 17.9. The predicted octanol–water partition coefficient (Wildman–Crippen LogP) is 3.29. The van der Waals surface area contributed by atoms with Crippen LogP contribution in [0.1, 0.15) is 5.69 Å². The molecule has 2 N–H and O–H groups in total. The van der Waals surface area contributed by atoms with Crippen LogP contribution in [0.15, 0.2) is 53.1 Å². The molecule has 21 heavy (non-hydrogen) atoms. The molecule has 1 heterocycles. The van der Waals surface area contributed by atoms with Crippen LogP contribution >= 0.6 is 0 Å². The number of hydrogen-bond acceptors (Lipinski definition) is 3. The van der Waals surface area contributed by atoms with E-state index >= 15 is 0 Å². The highest BCUT2D eigenvalue weighted by molar-refractivity contribution is 5.89. The quantitative estimate of drug-likeness (QED) is 0.776. The minimum absolute atomic E-state index is 0.240. The summed E-state index contributed by atoms with van der Waals surface area (Å²) in [5.41, 5.74) is 1.84. The second-order valence-corrected chi connectivity index (χ2v) is 4.44. The van der Waals surface area contributed by atoms with Gasteiger partial charge in [-0.05, 0) is 36.4 Å². The maximum Gasteiger partial charge on any atom is 0.319 e. The molecular weight excluding hydrogens is 273 g/mol. The molecule has 0 radical (unpaired) electrons. The van der Waals surface area contributed by atoms with E-state index in [1.807, 2.05) is 24.3 Å². The third-order valence-corrected chi connectivity index (χ3v) is 2.97. The van der Waals surface area contributed by atoms with Crippen molar-refractivity contribution in [1.82, 2.24) is 10.5 Å². The van der Waals surface area contributed by atoms with Crippen molar-refractivity contribution in [2.45, 2.75) is 6.54 Å². The fourth-order valence-corrected chi connectivity index (χ4v) is 1.94. The van der Waals surface area contributed by atoms with Gasteiger partial charge < -0.3 is 15.2 Å². The zero-order chi connectivity index (χ0) is 14.7. The lowest BCUT2D eigenvalue weighted by Gasteiger charge is -2.06. The van der Waals surface area contributed by atoms with Crippen LogP contribution in [0.5, 0.6) is 0 Å². The van der Waals surface area contributed by atoms with E-state index in [1.165, 1.54) is 24.3 Å². The van der Waals surface area contributed by atoms with Gasteiger partial charge in [0, 0.05) is 11.1 Å². The number of hydrogen-bond donors (Lipinski definition) is 2. The summed E-state index contributed by atoms with van der Waals surface area (Å²) in [5.74, 6) is -0.352. The van der Waals surface area contributed by atoms with Gasteiger partial charge in [-0.2, -0.15) is 0 Å². The van der Waals surface area contributed by atoms with Crippen molar-refractivity contribution in [2.24, 2.45) is 0 Å². The number of nitrogens with zero attached hydrogens (tertiary/aromatic N) is 1. The van der Waals surface area contributed by atoms with Crippen molar-refractivity contribution < 1.29 is 13.7 Å². The zero-order valence-corrected chi connectivity index (χ0v) is 11.0. The minimum Gasteiger partial charge on any atom is -0.356 e. The third kappa shape index (κ3) is 3.00. The Morgan fingerprint density at radius 1 is 1.14 bits per heavy atom. The highest BCUT2D eigenvalue weighted by atomic mass is 19.1. The summed E-state index contributed by atoms with van der Waals surface area (Å²) in [6.45, 7) is 0.240. The van der Waals surface area contributed by atoms with Gasteiger partial charge >= 0.3 is 6.03 Å². The Labute approximate surface area is 119 Å². The number of nitrogens with one attached hydrogen (secondary N) is 2. The number of aromatic nitrogens is 1. The molecule has 0 aliphatic carbocycles. The Hall–Kier alpha value is -2.89. The van der Waals surface area contributed by atoms with Crippen LogP contribution in [0.25, 0.3) is 11.0 Å². The van der Waals surface area contributed by atoms with Crippen molar-refractivity contribution in [3.63, 3.8) is 0 Å². The van der Waals surface area contributed by atoms with Crippen molar-refractivity contribution in [3.05, 3.63) is 60.0 Å². The number of halogens is 1. The lowest BCUT2D eigenvalue weighted by atomic mass is 10.2. The molecule has 0 fully saturated rings. The maximum atomic E-state index is 12.8. The summed E-state index contributed by atoms with van der Waals surface area (Å²) in [4.78, 5) is 11.8. The van der Waals surface area contributed by atoms with Gasteiger partial charge in [0.1, 0.15) is 11.5 Å². The number of urea groups is 1. The first-order valence-corrected chi connectivity index (χ1v) is 6.36. The fraction of sp³-hybridized carbons (Fsp3) is 0.0667. The molecule has 2 aromatic carbocycles. The van der Waals surface area contributed by atoms with E-state index in [-0.39, 0.29) is 12.4 Å². The maximum absolute atomic E-state index is 12.8. The molecule has 0 spiro atoms. The summed E-state index contributed by atoms with van der Waals surface area (Å²) in [6.07, 6.45) is 0. The Balaban J connectivity index is 1.62. The molecular formula is C15H12FN3O2. The van der Waals surface area contributed by atoms with Crippen LogP contribution < -0.4 is 10.6 Å². The third-order valence-electron chi connectivity index (χ3n) is 2.97. The molecule has 0 atom stereocenters. The Kier molecular flexibility index (Phi) is 3.51. The van der Waals surface area contributed by atoms with E-state index in [2.05, 4.69) is 15.8 Å². The monoisotopic (exact) mass is 285 g/mol. The van der Waals surface area contributed by atoms with Crippen LogP contribution in [0.4, 0.5) is 14.9 Å². The van der Waals surface area contributed by atoms with E-state index < -0.39 is 6.03 Å². The molecule has 1 aromatic heterocycles. The molecule has 106 valence electrons. The number of amides is 2. The first-order valence-electron chi connectivity index (χ1n) is 6.36. The summed E-state index contributed by atoms with van der Waals surface area (Å²) in [7, 11) is 0. The van der Waals surface area contributed by atoms with E-state index in [9.17, 15) is 9.18 Å². The van der Waals surface area contributed by atoms with Gasteiger partial charge in [-0.3, -0.25) is 0 Å². The number of benzene rings is 2. The molecule has 2 amide bonds. The SMILES string of the molecule is O=C(NCc1noc2ccccc12)Nc1ccc(F)cc1. The van der Waals surface area contributed by atoms with E-state index in [0.717, 1.165) is 5.39 Å². The lowest BCUT2D eigenvalue weighted by Crippen LogP contribution is -2.28. The average Bonchev–Trinajstić information content (AvgIpc) is 2.91. The van der Waals surface area contributed by atoms with Crippen molar-refractivity contribution in [2.75, 3.05) is 5.32 Å². The van der Waals surface area contributed by atoms with Crippen LogP contribution in [0.3, 0.4) is 0 Å². The molecule has 0 bridgehead atoms. The Morgan fingerprint density at radius 3 is 2.71 bits per heavy atom. The molecule has 3 aromatic rings.